The van der Waals surface area contributed by atoms with Gasteiger partial charge >= 0.3 is 0 Å². The minimum Gasteiger partial charge on any atom is -0.392 e. The van der Waals surface area contributed by atoms with Crippen LogP contribution in [0.15, 0.2) is 0 Å². The fourth-order valence-electron chi connectivity index (χ4n) is 1.43. The molecule has 1 rings (SSSR count). The van der Waals surface area contributed by atoms with Gasteiger partial charge in [-0.25, -0.2) is 4.21 Å². The Balaban J connectivity index is 2.34. The molecule has 3 atom stereocenters. The van der Waals surface area contributed by atoms with Gasteiger partial charge in [-0.05, 0) is 17.8 Å². The molecule has 0 heterocycles. The molecule has 4 heteroatoms. The van der Waals surface area contributed by atoms with Crippen LogP contribution in [0.5, 0.6) is 0 Å². The Labute approximate surface area is 69.1 Å². The molecule has 3 unspecified atom stereocenters. The molecule has 2 N–H and O–H groups in total. The second-order valence-electron chi connectivity index (χ2n) is 3.85. The van der Waals surface area contributed by atoms with Crippen LogP contribution in [0.3, 0.4) is 0 Å². The van der Waals surface area contributed by atoms with Crippen molar-refractivity contribution in [2.24, 2.45) is 11.3 Å². The number of aliphatic hydroxyl groups is 1. The molecule has 11 heavy (non-hydrogen) atoms. The molecule has 0 bridgehead atoms. The van der Waals surface area contributed by atoms with E-state index in [0.717, 1.165) is 6.42 Å². The maximum Gasteiger partial charge on any atom is 0.155 e. The lowest BCUT2D eigenvalue weighted by Crippen LogP contribution is -2.20. The van der Waals surface area contributed by atoms with Crippen LogP contribution < -0.4 is 0 Å². The first-order valence-electron chi connectivity index (χ1n) is 3.69. The lowest BCUT2D eigenvalue weighted by molar-refractivity contribution is 0.158. The average Bonchev–Trinajstić information content (AvgIpc) is 2.38. The van der Waals surface area contributed by atoms with E-state index >= 15 is 0 Å². The largest absolute Gasteiger partial charge is 0.392 e. The zero-order valence-electron chi connectivity index (χ0n) is 6.78. The Hall–Kier alpha value is 0.0700. The maximum absolute atomic E-state index is 10.3. The standard InChI is InChI=1S/C7H14O3S/c1-7(2)3-5(7)6(8)4-11(9)10/h5-6,8H,3-4H2,1-2H3,(H,9,10). The van der Waals surface area contributed by atoms with Crippen molar-refractivity contribution in [1.82, 2.24) is 0 Å². The molecule has 0 saturated heterocycles. The fraction of sp³-hybridized carbons (Fsp3) is 1.00. The highest BCUT2D eigenvalue weighted by Gasteiger charge is 2.49. The molecular formula is C7H14O3S. The molecule has 0 radical (unpaired) electrons. The van der Waals surface area contributed by atoms with Gasteiger partial charge in [-0.15, -0.1) is 0 Å². The van der Waals surface area contributed by atoms with E-state index in [1.165, 1.54) is 0 Å². The first-order chi connectivity index (χ1) is 4.93. The van der Waals surface area contributed by atoms with Crippen molar-refractivity contribution in [2.45, 2.75) is 26.4 Å². The van der Waals surface area contributed by atoms with Crippen molar-refractivity contribution in [2.75, 3.05) is 5.75 Å². The summed E-state index contributed by atoms with van der Waals surface area (Å²) in [5.74, 6) is 0.215. The predicted molar refractivity (Wildman–Crippen MR) is 43.5 cm³/mol. The van der Waals surface area contributed by atoms with Crippen LogP contribution in [-0.4, -0.2) is 25.7 Å². The smallest absolute Gasteiger partial charge is 0.155 e. The van der Waals surface area contributed by atoms with Crippen LogP contribution in [0, 0.1) is 11.3 Å². The van der Waals surface area contributed by atoms with Crippen molar-refractivity contribution in [3.63, 3.8) is 0 Å². The van der Waals surface area contributed by atoms with Gasteiger partial charge < -0.3 is 9.66 Å². The summed E-state index contributed by atoms with van der Waals surface area (Å²) in [6.45, 7) is 4.11. The molecule has 1 fully saturated rings. The summed E-state index contributed by atoms with van der Waals surface area (Å²) in [7, 11) is 0. The third-order valence-electron chi connectivity index (χ3n) is 2.37. The number of hydrogen-bond donors (Lipinski definition) is 2. The van der Waals surface area contributed by atoms with Crippen LogP contribution >= 0.6 is 0 Å². The molecule has 0 aliphatic heterocycles. The summed E-state index contributed by atoms with van der Waals surface area (Å²) >= 11 is -1.86. The van der Waals surface area contributed by atoms with E-state index in [9.17, 15) is 9.32 Å². The van der Waals surface area contributed by atoms with E-state index in [4.69, 9.17) is 4.55 Å². The highest BCUT2D eigenvalue weighted by molar-refractivity contribution is 7.79. The average molecular weight is 178 g/mol. The van der Waals surface area contributed by atoms with Crippen molar-refractivity contribution < 1.29 is 13.9 Å². The van der Waals surface area contributed by atoms with Crippen LogP contribution in [0.1, 0.15) is 20.3 Å². The summed E-state index contributed by atoms with van der Waals surface area (Å²) in [6, 6.07) is 0. The quantitative estimate of drug-likeness (QED) is 0.623. The first kappa shape index (κ1) is 9.16. The molecule has 0 aromatic heterocycles. The first-order valence-corrected chi connectivity index (χ1v) is 4.96. The Morgan fingerprint density at radius 2 is 2.18 bits per heavy atom. The number of aliphatic hydroxyl groups excluding tert-OH is 1. The summed E-state index contributed by atoms with van der Waals surface area (Å²) in [5, 5.41) is 9.34. The van der Waals surface area contributed by atoms with Crippen molar-refractivity contribution in [3.05, 3.63) is 0 Å². The van der Waals surface area contributed by atoms with Gasteiger partial charge in [-0.3, -0.25) is 0 Å². The monoisotopic (exact) mass is 178 g/mol. The van der Waals surface area contributed by atoms with E-state index in [-0.39, 0.29) is 17.1 Å². The topological polar surface area (TPSA) is 57.5 Å². The molecule has 1 aliphatic carbocycles. The van der Waals surface area contributed by atoms with Crippen LogP contribution in [0.25, 0.3) is 0 Å². The lowest BCUT2D eigenvalue weighted by atomic mass is 10.1. The van der Waals surface area contributed by atoms with Crippen molar-refractivity contribution >= 4 is 11.1 Å². The molecule has 0 spiro atoms. The predicted octanol–water partition coefficient (Wildman–Crippen LogP) is 0.615. The van der Waals surface area contributed by atoms with E-state index < -0.39 is 17.2 Å². The summed E-state index contributed by atoms with van der Waals surface area (Å²) in [5.41, 5.74) is 0.179. The van der Waals surface area contributed by atoms with Gasteiger partial charge in [-0.1, -0.05) is 13.8 Å². The second-order valence-corrected chi connectivity index (χ2v) is 4.83. The number of rotatable bonds is 3. The van der Waals surface area contributed by atoms with E-state index in [1.54, 1.807) is 0 Å². The fourth-order valence-corrected chi connectivity index (χ4v) is 1.95. The second kappa shape index (κ2) is 2.84. The Morgan fingerprint density at radius 3 is 2.45 bits per heavy atom. The van der Waals surface area contributed by atoms with Gasteiger partial charge in [0.2, 0.25) is 0 Å². The molecule has 3 nitrogen and oxygen atoms in total. The molecule has 0 aromatic carbocycles. The normalized spacial score (nSPS) is 32.9. The van der Waals surface area contributed by atoms with E-state index in [1.807, 2.05) is 0 Å². The summed E-state index contributed by atoms with van der Waals surface area (Å²) in [6.07, 6.45) is 0.363. The summed E-state index contributed by atoms with van der Waals surface area (Å²) in [4.78, 5) is 0. The van der Waals surface area contributed by atoms with Gasteiger partial charge in [-0.2, -0.15) is 0 Å². The molecule has 1 aliphatic rings. The third kappa shape index (κ3) is 2.25. The number of hydrogen-bond acceptors (Lipinski definition) is 2. The van der Waals surface area contributed by atoms with Crippen LogP contribution in [0.2, 0.25) is 0 Å². The minimum atomic E-state index is -1.86. The Kier molecular flexibility index (Phi) is 2.37. The minimum absolute atomic E-state index is 0.00586. The van der Waals surface area contributed by atoms with Crippen molar-refractivity contribution in [3.8, 4) is 0 Å². The zero-order valence-corrected chi connectivity index (χ0v) is 7.60. The highest BCUT2D eigenvalue weighted by Crippen LogP contribution is 2.53. The maximum atomic E-state index is 10.3. The molecular weight excluding hydrogens is 164 g/mol. The van der Waals surface area contributed by atoms with E-state index in [2.05, 4.69) is 13.8 Å². The Bertz CT molecular complexity index is 179. The lowest BCUT2D eigenvalue weighted by Gasteiger charge is -2.08. The van der Waals surface area contributed by atoms with E-state index in [0.29, 0.717) is 0 Å². The van der Waals surface area contributed by atoms with Gasteiger partial charge in [0.15, 0.2) is 11.1 Å². The SMILES string of the molecule is CC1(C)CC1C(O)CS(=O)O. The Morgan fingerprint density at radius 1 is 1.73 bits per heavy atom. The van der Waals surface area contributed by atoms with Gasteiger partial charge in [0.05, 0.1) is 11.9 Å². The van der Waals surface area contributed by atoms with Crippen LogP contribution in [-0.2, 0) is 11.1 Å². The summed E-state index contributed by atoms with van der Waals surface area (Å²) < 4.78 is 18.8. The zero-order chi connectivity index (χ0) is 8.65. The highest BCUT2D eigenvalue weighted by atomic mass is 32.2. The van der Waals surface area contributed by atoms with Gasteiger partial charge in [0.25, 0.3) is 0 Å². The van der Waals surface area contributed by atoms with Gasteiger partial charge in [0, 0.05) is 0 Å². The van der Waals surface area contributed by atoms with Crippen LogP contribution in [0.4, 0.5) is 0 Å². The third-order valence-corrected chi connectivity index (χ3v) is 2.99. The molecule has 66 valence electrons. The van der Waals surface area contributed by atoms with Crippen molar-refractivity contribution in [1.29, 1.82) is 0 Å². The molecule has 0 amide bonds. The van der Waals surface area contributed by atoms with Gasteiger partial charge in [0.1, 0.15) is 0 Å². The molecule has 0 aromatic rings. The molecule has 1 saturated carbocycles.